The van der Waals surface area contributed by atoms with E-state index in [4.69, 9.17) is 17.3 Å². The van der Waals surface area contributed by atoms with E-state index < -0.39 is 5.41 Å². The third kappa shape index (κ3) is 3.35. The molecule has 0 radical (unpaired) electrons. The molecule has 0 bridgehead atoms. The molecule has 1 amide bonds. The fraction of sp³-hybridized carbons (Fsp3) is 0.533. The van der Waals surface area contributed by atoms with Crippen molar-refractivity contribution in [1.29, 1.82) is 0 Å². The van der Waals surface area contributed by atoms with Gasteiger partial charge in [-0.1, -0.05) is 34.5 Å². The maximum absolute atomic E-state index is 12.6. The molecule has 1 aliphatic rings. The molecule has 0 spiro atoms. The molecule has 0 saturated heterocycles. The van der Waals surface area contributed by atoms with Gasteiger partial charge in [0.05, 0.1) is 16.1 Å². The van der Waals surface area contributed by atoms with Gasteiger partial charge in [0.25, 0.3) is 0 Å². The van der Waals surface area contributed by atoms with Crippen LogP contribution in [0.5, 0.6) is 0 Å². The lowest BCUT2D eigenvalue weighted by molar-refractivity contribution is -0.127. The summed E-state index contributed by atoms with van der Waals surface area (Å²) in [7, 11) is 0. The molecule has 2 rings (SSSR count). The Hall–Kier alpha value is -0.580. The van der Waals surface area contributed by atoms with Crippen LogP contribution >= 0.6 is 27.5 Å². The molecule has 5 heteroatoms. The van der Waals surface area contributed by atoms with Gasteiger partial charge in [-0.15, -0.1) is 0 Å². The Morgan fingerprint density at radius 1 is 1.50 bits per heavy atom. The largest absolute Gasteiger partial charge is 0.329 e. The number of nitrogens with two attached hydrogens (primary N) is 1. The summed E-state index contributed by atoms with van der Waals surface area (Å²) in [5.74, 6) is 0.670. The topological polar surface area (TPSA) is 55.1 Å². The maximum Gasteiger partial charge on any atom is 0.231 e. The molecule has 1 saturated carbocycles. The van der Waals surface area contributed by atoms with Crippen molar-refractivity contribution in [2.24, 2.45) is 17.1 Å². The summed E-state index contributed by atoms with van der Waals surface area (Å²) in [5, 5.41) is 3.49. The molecular formula is C15H20BrClN2O. The van der Waals surface area contributed by atoms with Crippen LogP contribution in [-0.4, -0.2) is 12.5 Å². The number of halogens is 2. The highest BCUT2D eigenvalue weighted by Crippen LogP contribution is 2.39. The quantitative estimate of drug-likeness (QED) is 0.850. The molecule has 0 aliphatic heterocycles. The minimum absolute atomic E-state index is 0.00750. The van der Waals surface area contributed by atoms with Crippen molar-refractivity contribution in [3.05, 3.63) is 27.7 Å². The SMILES string of the molecule is CC1CCC(CN)(C(=O)Nc2cc(Br)ccc2Cl)CC1. The van der Waals surface area contributed by atoms with E-state index in [1.54, 1.807) is 6.07 Å². The standard InChI is InChI=1S/C15H20BrClN2O/c1-10-4-6-15(9-18,7-5-10)14(20)19-13-8-11(16)2-3-12(13)17/h2-3,8,10H,4-7,9,18H2,1H3,(H,19,20). The first kappa shape index (κ1) is 15.8. The zero-order valence-corrected chi connectivity index (χ0v) is 13.9. The van der Waals surface area contributed by atoms with E-state index in [2.05, 4.69) is 28.2 Å². The Balaban J connectivity index is 2.15. The molecule has 1 aromatic rings. The number of carbonyl (C=O) groups is 1. The second kappa shape index (κ2) is 6.46. The zero-order chi connectivity index (χ0) is 14.8. The summed E-state index contributed by atoms with van der Waals surface area (Å²) in [6, 6.07) is 5.42. The highest BCUT2D eigenvalue weighted by Gasteiger charge is 2.39. The van der Waals surface area contributed by atoms with Crippen molar-refractivity contribution in [3.63, 3.8) is 0 Å². The van der Waals surface area contributed by atoms with Gasteiger partial charge in [-0.25, -0.2) is 0 Å². The predicted molar refractivity (Wildman–Crippen MR) is 86.9 cm³/mol. The Bertz CT molecular complexity index is 499. The van der Waals surface area contributed by atoms with Crippen LogP contribution in [0, 0.1) is 11.3 Å². The number of amides is 1. The number of hydrogen-bond donors (Lipinski definition) is 2. The van der Waals surface area contributed by atoms with Gasteiger partial charge < -0.3 is 11.1 Å². The first-order valence-electron chi connectivity index (χ1n) is 6.93. The molecule has 3 nitrogen and oxygen atoms in total. The van der Waals surface area contributed by atoms with Crippen molar-refractivity contribution >= 4 is 39.1 Å². The van der Waals surface area contributed by atoms with Crippen LogP contribution in [0.3, 0.4) is 0 Å². The monoisotopic (exact) mass is 358 g/mol. The van der Waals surface area contributed by atoms with Crippen molar-refractivity contribution in [3.8, 4) is 0 Å². The van der Waals surface area contributed by atoms with Gasteiger partial charge in [0.15, 0.2) is 0 Å². The Morgan fingerprint density at radius 3 is 2.75 bits per heavy atom. The summed E-state index contributed by atoms with van der Waals surface area (Å²) in [4.78, 5) is 12.6. The van der Waals surface area contributed by atoms with Gasteiger partial charge in [-0.3, -0.25) is 4.79 Å². The number of benzene rings is 1. The first-order chi connectivity index (χ1) is 9.47. The van der Waals surface area contributed by atoms with E-state index in [-0.39, 0.29) is 5.91 Å². The summed E-state index contributed by atoms with van der Waals surface area (Å²) in [6.07, 6.45) is 3.80. The molecule has 1 fully saturated rings. The number of anilines is 1. The average Bonchev–Trinajstić information content (AvgIpc) is 2.44. The third-order valence-corrected chi connectivity index (χ3v) is 5.10. The van der Waals surface area contributed by atoms with Gasteiger partial charge in [-0.05, 0) is 49.8 Å². The molecular weight excluding hydrogens is 340 g/mol. The van der Waals surface area contributed by atoms with Crippen molar-refractivity contribution in [1.82, 2.24) is 0 Å². The zero-order valence-electron chi connectivity index (χ0n) is 11.6. The molecule has 0 heterocycles. The molecule has 1 aromatic carbocycles. The minimum Gasteiger partial charge on any atom is -0.329 e. The van der Waals surface area contributed by atoms with Crippen LogP contribution in [0.4, 0.5) is 5.69 Å². The first-order valence-corrected chi connectivity index (χ1v) is 8.10. The summed E-state index contributed by atoms with van der Waals surface area (Å²) >= 11 is 9.51. The molecule has 20 heavy (non-hydrogen) atoms. The lowest BCUT2D eigenvalue weighted by Gasteiger charge is -2.37. The van der Waals surface area contributed by atoms with E-state index in [1.165, 1.54) is 0 Å². The van der Waals surface area contributed by atoms with Crippen LogP contribution in [0.2, 0.25) is 5.02 Å². The molecule has 1 aliphatic carbocycles. The van der Waals surface area contributed by atoms with Crippen LogP contribution in [-0.2, 0) is 4.79 Å². The van der Waals surface area contributed by atoms with Gasteiger partial charge in [-0.2, -0.15) is 0 Å². The number of nitrogens with one attached hydrogen (secondary N) is 1. The van der Waals surface area contributed by atoms with Gasteiger partial charge in [0.2, 0.25) is 5.91 Å². The summed E-state index contributed by atoms with van der Waals surface area (Å²) < 4.78 is 0.885. The highest BCUT2D eigenvalue weighted by molar-refractivity contribution is 9.10. The Morgan fingerprint density at radius 2 is 2.15 bits per heavy atom. The fourth-order valence-corrected chi connectivity index (χ4v) is 3.21. The Labute approximate surface area is 133 Å². The third-order valence-electron chi connectivity index (χ3n) is 4.28. The second-order valence-corrected chi connectivity index (χ2v) is 7.07. The second-order valence-electron chi connectivity index (χ2n) is 5.75. The molecule has 0 atom stereocenters. The van der Waals surface area contributed by atoms with Gasteiger partial charge in [0.1, 0.15) is 0 Å². The van der Waals surface area contributed by atoms with Crippen LogP contribution in [0.1, 0.15) is 32.6 Å². The average molecular weight is 360 g/mol. The van der Waals surface area contributed by atoms with Crippen LogP contribution < -0.4 is 11.1 Å². The molecule has 0 aromatic heterocycles. The Kier molecular flexibility index (Phi) is 5.10. The normalized spacial score (nSPS) is 26.3. The summed E-state index contributed by atoms with van der Waals surface area (Å²) in [6.45, 7) is 2.61. The van der Waals surface area contributed by atoms with E-state index in [0.717, 1.165) is 30.2 Å². The van der Waals surface area contributed by atoms with Crippen molar-refractivity contribution < 1.29 is 4.79 Å². The van der Waals surface area contributed by atoms with Crippen LogP contribution in [0.15, 0.2) is 22.7 Å². The lowest BCUT2D eigenvalue weighted by Crippen LogP contribution is -2.44. The number of rotatable bonds is 3. The van der Waals surface area contributed by atoms with Crippen molar-refractivity contribution in [2.75, 3.05) is 11.9 Å². The number of carbonyl (C=O) groups excluding carboxylic acids is 1. The predicted octanol–water partition coefficient (Wildman–Crippen LogP) is 4.20. The van der Waals surface area contributed by atoms with E-state index in [0.29, 0.717) is 23.2 Å². The lowest BCUT2D eigenvalue weighted by atomic mass is 9.70. The van der Waals surface area contributed by atoms with Crippen LogP contribution in [0.25, 0.3) is 0 Å². The fourth-order valence-electron chi connectivity index (χ4n) is 2.69. The molecule has 110 valence electrons. The summed E-state index contributed by atoms with van der Waals surface area (Å²) in [5.41, 5.74) is 6.09. The van der Waals surface area contributed by atoms with E-state index >= 15 is 0 Å². The van der Waals surface area contributed by atoms with Gasteiger partial charge in [0, 0.05) is 11.0 Å². The van der Waals surface area contributed by atoms with E-state index in [1.807, 2.05) is 12.1 Å². The maximum atomic E-state index is 12.6. The minimum atomic E-state index is -0.446. The van der Waals surface area contributed by atoms with Crippen molar-refractivity contribution in [2.45, 2.75) is 32.6 Å². The molecule has 0 unspecified atom stereocenters. The molecule has 3 N–H and O–H groups in total. The highest BCUT2D eigenvalue weighted by atomic mass is 79.9. The van der Waals surface area contributed by atoms with E-state index in [9.17, 15) is 4.79 Å². The smallest absolute Gasteiger partial charge is 0.231 e. The van der Waals surface area contributed by atoms with Gasteiger partial charge >= 0.3 is 0 Å². The number of hydrogen-bond acceptors (Lipinski definition) is 2.